The van der Waals surface area contributed by atoms with Crippen LogP contribution in [0.2, 0.25) is 0 Å². The third kappa shape index (κ3) is 3.27. The Labute approximate surface area is 127 Å². The van der Waals surface area contributed by atoms with Crippen molar-refractivity contribution < 1.29 is 0 Å². The second-order valence-corrected chi connectivity index (χ2v) is 6.71. The van der Waals surface area contributed by atoms with E-state index >= 15 is 0 Å². The average molecular weight is 280 g/mol. The van der Waals surface area contributed by atoms with Crippen LogP contribution in [0.5, 0.6) is 0 Å². The Balaban J connectivity index is 1.92. The van der Waals surface area contributed by atoms with Gasteiger partial charge >= 0.3 is 0 Å². The van der Waals surface area contributed by atoms with Gasteiger partial charge in [0.2, 0.25) is 0 Å². The minimum Gasteiger partial charge on any atom is -0.365 e. The second kappa shape index (κ2) is 5.53. The van der Waals surface area contributed by atoms with Gasteiger partial charge in [0.15, 0.2) is 0 Å². The minimum atomic E-state index is 0.115. The van der Waals surface area contributed by atoms with Crippen LogP contribution in [0.15, 0.2) is 48.5 Å². The van der Waals surface area contributed by atoms with Gasteiger partial charge in [0.05, 0.1) is 0 Å². The molecule has 2 nitrogen and oxygen atoms in total. The summed E-state index contributed by atoms with van der Waals surface area (Å²) in [6.45, 7) is 9.61. The molecule has 0 amide bonds. The third-order valence-electron chi connectivity index (χ3n) is 4.17. The second-order valence-electron chi connectivity index (χ2n) is 6.71. The fourth-order valence-electron chi connectivity index (χ4n) is 2.98. The first-order valence-corrected chi connectivity index (χ1v) is 7.67. The Morgan fingerprint density at radius 3 is 2.52 bits per heavy atom. The van der Waals surface area contributed by atoms with E-state index in [9.17, 15) is 0 Å². The molecule has 0 aromatic heterocycles. The quantitative estimate of drug-likeness (QED) is 0.898. The van der Waals surface area contributed by atoms with E-state index in [2.05, 4.69) is 79.5 Å². The summed E-state index contributed by atoms with van der Waals surface area (Å²) in [6, 6.07) is 17.6. The van der Waals surface area contributed by atoms with Crippen molar-refractivity contribution in [3.05, 3.63) is 65.2 Å². The van der Waals surface area contributed by atoms with Gasteiger partial charge in [-0.2, -0.15) is 0 Å². The summed E-state index contributed by atoms with van der Waals surface area (Å²) in [4.78, 5) is 2.50. The van der Waals surface area contributed by atoms with Gasteiger partial charge < -0.3 is 10.2 Å². The molecule has 2 aromatic carbocycles. The van der Waals surface area contributed by atoms with E-state index in [1.165, 1.54) is 22.4 Å². The molecular weight excluding hydrogens is 256 g/mol. The number of nitrogens with zero attached hydrogens (tertiary/aromatic N) is 1. The maximum atomic E-state index is 3.66. The summed E-state index contributed by atoms with van der Waals surface area (Å²) < 4.78 is 0. The van der Waals surface area contributed by atoms with Crippen LogP contribution in [-0.2, 0) is 13.1 Å². The molecule has 0 atom stereocenters. The maximum Gasteiger partial charge on any atom is 0.0430 e. The molecule has 110 valence electrons. The first kappa shape index (κ1) is 14.2. The predicted octanol–water partition coefficient (Wildman–Crippen LogP) is 3.88. The number of aryl methyl sites for hydroxylation is 1. The highest BCUT2D eigenvalue weighted by atomic mass is 15.2. The van der Waals surface area contributed by atoms with Crippen LogP contribution >= 0.6 is 0 Å². The summed E-state index contributed by atoms with van der Waals surface area (Å²) in [5.41, 5.74) is 5.54. The van der Waals surface area contributed by atoms with E-state index in [4.69, 9.17) is 0 Å². The average Bonchev–Trinajstić information content (AvgIpc) is 2.59. The number of benzene rings is 2. The van der Waals surface area contributed by atoms with Crippen molar-refractivity contribution in [3.63, 3.8) is 0 Å². The van der Waals surface area contributed by atoms with E-state index in [-0.39, 0.29) is 5.54 Å². The zero-order valence-electron chi connectivity index (χ0n) is 13.2. The molecule has 0 unspecified atom stereocenters. The van der Waals surface area contributed by atoms with Crippen LogP contribution in [0.4, 0.5) is 5.69 Å². The zero-order chi connectivity index (χ0) is 14.9. The van der Waals surface area contributed by atoms with Gasteiger partial charge in [0.1, 0.15) is 0 Å². The van der Waals surface area contributed by atoms with E-state index in [1.54, 1.807) is 0 Å². The number of hydrogen-bond acceptors (Lipinski definition) is 2. The number of fused-ring (bicyclic) bond motifs is 1. The standard InChI is InChI=1S/C19H24N2/c1-15-8-10-16(11-9-15)13-21-14-19(2,3)20-12-17-6-4-5-7-18(17)21/h4-11,20H,12-14H2,1-3H3. The first-order chi connectivity index (χ1) is 10.0. The van der Waals surface area contributed by atoms with Gasteiger partial charge in [-0.1, -0.05) is 48.0 Å². The number of para-hydroxylation sites is 1. The number of nitrogens with one attached hydrogen (secondary N) is 1. The summed E-state index contributed by atoms with van der Waals surface area (Å²) in [6.07, 6.45) is 0. The van der Waals surface area contributed by atoms with E-state index in [1.807, 2.05) is 0 Å². The van der Waals surface area contributed by atoms with Gasteiger partial charge in [-0.15, -0.1) is 0 Å². The summed E-state index contributed by atoms with van der Waals surface area (Å²) in [5, 5.41) is 3.66. The molecular formula is C19H24N2. The van der Waals surface area contributed by atoms with Crippen LogP contribution in [-0.4, -0.2) is 12.1 Å². The van der Waals surface area contributed by atoms with Gasteiger partial charge in [0, 0.05) is 30.9 Å². The molecule has 1 aliphatic rings. The summed E-state index contributed by atoms with van der Waals surface area (Å²) in [5.74, 6) is 0. The van der Waals surface area contributed by atoms with Gasteiger partial charge in [0.25, 0.3) is 0 Å². The van der Waals surface area contributed by atoms with Gasteiger partial charge in [-0.25, -0.2) is 0 Å². The number of hydrogen-bond donors (Lipinski definition) is 1. The lowest BCUT2D eigenvalue weighted by molar-refractivity contribution is 0.395. The lowest BCUT2D eigenvalue weighted by atomic mass is 10.0. The van der Waals surface area contributed by atoms with E-state index < -0.39 is 0 Å². The van der Waals surface area contributed by atoms with Crippen LogP contribution in [0.3, 0.4) is 0 Å². The lowest BCUT2D eigenvalue weighted by Crippen LogP contribution is -2.46. The Kier molecular flexibility index (Phi) is 3.73. The zero-order valence-corrected chi connectivity index (χ0v) is 13.2. The summed E-state index contributed by atoms with van der Waals surface area (Å²) >= 11 is 0. The largest absolute Gasteiger partial charge is 0.365 e. The molecule has 2 heteroatoms. The van der Waals surface area contributed by atoms with E-state index in [0.717, 1.165) is 19.6 Å². The molecule has 0 spiro atoms. The molecule has 1 N–H and O–H groups in total. The van der Waals surface area contributed by atoms with Crippen molar-refractivity contribution in [1.29, 1.82) is 0 Å². The molecule has 1 heterocycles. The molecule has 3 rings (SSSR count). The molecule has 2 aromatic rings. The monoisotopic (exact) mass is 280 g/mol. The Morgan fingerprint density at radius 1 is 1.05 bits per heavy atom. The van der Waals surface area contributed by atoms with Crippen LogP contribution in [0.25, 0.3) is 0 Å². The van der Waals surface area contributed by atoms with Crippen LogP contribution in [0, 0.1) is 6.92 Å². The molecule has 0 radical (unpaired) electrons. The van der Waals surface area contributed by atoms with Crippen molar-refractivity contribution in [2.45, 2.75) is 39.4 Å². The Bertz CT molecular complexity index is 614. The fraction of sp³-hybridized carbons (Fsp3) is 0.368. The fourth-order valence-corrected chi connectivity index (χ4v) is 2.98. The minimum absolute atomic E-state index is 0.115. The molecule has 0 fully saturated rings. The molecule has 0 saturated carbocycles. The smallest absolute Gasteiger partial charge is 0.0430 e. The maximum absolute atomic E-state index is 3.66. The van der Waals surface area contributed by atoms with Crippen molar-refractivity contribution in [1.82, 2.24) is 5.32 Å². The van der Waals surface area contributed by atoms with Crippen molar-refractivity contribution in [2.24, 2.45) is 0 Å². The predicted molar refractivity (Wildman–Crippen MR) is 89.6 cm³/mol. The highest BCUT2D eigenvalue weighted by Crippen LogP contribution is 2.27. The SMILES string of the molecule is Cc1ccc(CN2CC(C)(C)NCc3ccccc32)cc1. The molecule has 1 aliphatic heterocycles. The third-order valence-corrected chi connectivity index (χ3v) is 4.17. The normalized spacial score (nSPS) is 17.2. The van der Waals surface area contributed by atoms with Crippen molar-refractivity contribution >= 4 is 5.69 Å². The van der Waals surface area contributed by atoms with Crippen LogP contribution in [0.1, 0.15) is 30.5 Å². The highest BCUT2D eigenvalue weighted by molar-refractivity contribution is 5.55. The van der Waals surface area contributed by atoms with Gasteiger partial charge in [-0.05, 0) is 38.0 Å². The van der Waals surface area contributed by atoms with E-state index in [0.29, 0.717) is 0 Å². The Morgan fingerprint density at radius 2 is 1.76 bits per heavy atom. The molecule has 0 aliphatic carbocycles. The number of rotatable bonds is 2. The Hall–Kier alpha value is -1.80. The topological polar surface area (TPSA) is 15.3 Å². The summed E-state index contributed by atoms with van der Waals surface area (Å²) in [7, 11) is 0. The lowest BCUT2D eigenvalue weighted by Gasteiger charge is -2.32. The van der Waals surface area contributed by atoms with Crippen molar-refractivity contribution in [3.8, 4) is 0 Å². The highest BCUT2D eigenvalue weighted by Gasteiger charge is 2.26. The number of anilines is 1. The van der Waals surface area contributed by atoms with Crippen LogP contribution < -0.4 is 10.2 Å². The van der Waals surface area contributed by atoms with Crippen molar-refractivity contribution in [2.75, 3.05) is 11.4 Å². The van der Waals surface area contributed by atoms with Gasteiger partial charge in [-0.3, -0.25) is 0 Å². The molecule has 21 heavy (non-hydrogen) atoms. The first-order valence-electron chi connectivity index (χ1n) is 7.67. The molecule has 0 saturated heterocycles. The molecule has 0 bridgehead atoms.